The monoisotopic (exact) mass is 261 g/mol. The minimum Gasteiger partial charge on any atom is -0.388 e. The zero-order valence-electron chi connectivity index (χ0n) is 12.3. The molecule has 2 heteroatoms. The number of aliphatic hydroxyl groups excluding tert-OH is 1. The van der Waals surface area contributed by atoms with Crippen LogP contribution in [0.2, 0.25) is 0 Å². The van der Waals surface area contributed by atoms with Gasteiger partial charge in [0.05, 0.1) is 6.10 Å². The molecule has 1 aliphatic carbocycles. The summed E-state index contributed by atoms with van der Waals surface area (Å²) < 4.78 is 0. The predicted octanol–water partition coefficient (Wildman–Crippen LogP) is 3.68. The van der Waals surface area contributed by atoms with Gasteiger partial charge in [-0.3, -0.25) is 0 Å². The van der Waals surface area contributed by atoms with Gasteiger partial charge in [-0.15, -0.1) is 0 Å². The molecule has 0 heterocycles. The number of rotatable bonds is 6. The van der Waals surface area contributed by atoms with Crippen molar-refractivity contribution in [1.29, 1.82) is 0 Å². The summed E-state index contributed by atoms with van der Waals surface area (Å²) in [6.07, 6.45) is 5.96. The first kappa shape index (κ1) is 14.5. The molecule has 0 aliphatic heterocycles. The molecule has 0 radical (unpaired) electrons. The van der Waals surface area contributed by atoms with Crippen molar-refractivity contribution in [3.63, 3.8) is 0 Å². The van der Waals surface area contributed by atoms with Gasteiger partial charge in [0.2, 0.25) is 0 Å². The lowest BCUT2D eigenvalue weighted by Gasteiger charge is -2.28. The number of hydrogen-bond acceptors (Lipinski definition) is 2. The van der Waals surface area contributed by atoms with E-state index in [0.29, 0.717) is 0 Å². The highest BCUT2D eigenvalue weighted by Gasteiger charge is 2.22. The van der Waals surface area contributed by atoms with Crippen molar-refractivity contribution in [2.75, 3.05) is 13.1 Å². The Morgan fingerprint density at radius 3 is 2.58 bits per heavy atom. The Morgan fingerprint density at radius 2 is 1.95 bits per heavy atom. The van der Waals surface area contributed by atoms with Crippen LogP contribution in [0.25, 0.3) is 0 Å². The second kappa shape index (κ2) is 7.06. The maximum atomic E-state index is 10.4. The van der Waals surface area contributed by atoms with Crippen LogP contribution >= 0.6 is 0 Å². The summed E-state index contributed by atoms with van der Waals surface area (Å²) in [5.41, 5.74) is 2.28. The van der Waals surface area contributed by atoms with E-state index in [1.165, 1.54) is 31.2 Å². The third-order valence-electron chi connectivity index (χ3n) is 4.48. The van der Waals surface area contributed by atoms with Crippen LogP contribution < -0.4 is 0 Å². The summed E-state index contributed by atoms with van der Waals surface area (Å²) in [7, 11) is 0. The minimum atomic E-state index is -0.323. The summed E-state index contributed by atoms with van der Waals surface area (Å²) in [6.45, 7) is 6.42. The molecule has 1 aromatic carbocycles. The highest BCUT2D eigenvalue weighted by atomic mass is 16.3. The second-order valence-corrected chi connectivity index (χ2v) is 5.73. The molecule has 1 N–H and O–H groups in total. The van der Waals surface area contributed by atoms with Gasteiger partial charge in [0.25, 0.3) is 0 Å². The molecule has 1 aliphatic rings. The minimum absolute atomic E-state index is 0.323. The molecule has 19 heavy (non-hydrogen) atoms. The molecule has 1 fully saturated rings. The van der Waals surface area contributed by atoms with Crippen molar-refractivity contribution in [3.05, 3.63) is 35.4 Å². The topological polar surface area (TPSA) is 23.5 Å². The maximum absolute atomic E-state index is 10.4. The van der Waals surface area contributed by atoms with Crippen LogP contribution in [0.1, 0.15) is 56.3 Å². The number of nitrogens with zero attached hydrogens (tertiary/aromatic N) is 1. The van der Waals surface area contributed by atoms with E-state index in [-0.39, 0.29) is 6.10 Å². The van der Waals surface area contributed by atoms with Gasteiger partial charge in [-0.05, 0) is 43.9 Å². The van der Waals surface area contributed by atoms with Crippen molar-refractivity contribution >= 4 is 0 Å². The Labute approximate surface area is 117 Å². The SMILES string of the molecule is CCN(CCC(O)c1ccccc1C)C1CCCC1. The Bertz CT molecular complexity index is 385. The Hall–Kier alpha value is -0.860. The first-order valence-electron chi connectivity index (χ1n) is 7.70. The number of hydrogen-bond donors (Lipinski definition) is 1. The lowest BCUT2D eigenvalue weighted by Crippen LogP contribution is -2.34. The third-order valence-corrected chi connectivity index (χ3v) is 4.48. The van der Waals surface area contributed by atoms with Gasteiger partial charge in [0.1, 0.15) is 0 Å². The zero-order chi connectivity index (χ0) is 13.7. The quantitative estimate of drug-likeness (QED) is 0.844. The molecule has 0 spiro atoms. The third kappa shape index (κ3) is 3.80. The molecule has 1 atom stereocenters. The lowest BCUT2D eigenvalue weighted by molar-refractivity contribution is 0.126. The predicted molar refractivity (Wildman–Crippen MR) is 80.3 cm³/mol. The van der Waals surface area contributed by atoms with Gasteiger partial charge in [0, 0.05) is 12.6 Å². The van der Waals surface area contributed by atoms with E-state index in [1.807, 2.05) is 18.2 Å². The molecular formula is C17H27NO. The normalized spacial score (nSPS) is 18.1. The van der Waals surface area contributed by atoms with Gasteiger partial charge < -0.3 is 10.0 Å². The molecular weight excluding hydrogens is 234 g/mol. The molecule has 1 saturated carbocycles. The lowest BCUT2D eigenvalue weighted by atomic mass is 10.0. The van der Waals surface area contributed by atoms with Gasteiger partial charge in [-0.25, -0.2) is 0 Å². The highest BCUT2D eigenvalue weighted by Crippen LogP contribution is 2.25. The molecule has 0 bridgehead atoms. The summed E-state index contributed by atoms with van der Waals surface area (Å²) >= 11 is 0. The van der Waals surface area contributed by atoms with E-state index in [9.17, 15) is 5.11 Å². The number of benzene rings is 1. The number of aryl methyl sites for hydroxylation is 1. The van der Waals surface area contributed by atoms with Crippen LogP contribution in [0.5, 0.6) is 0 Å². The van der Waals surface area contributed by atoms with Crippen molar-refractivity contribution < 1.29 is 5.11 Å². The van der Waals surface area contributed by atoms with E-state index < -0.39 is 0 Å². The Kier molecular flexibility index (Phi) is 5.41. The fraction of sp³-hybridized carbons (Fsp3) is 0.647. The van der Waals surface area contributed by atoms with E-state index >= 15 is 0 Å². The first-order chi connectivity index (χ1) is 9.22. The molecule has 2 nitrogen and oxygen atoms in total. The smallest absolute Gasteiger partial charge is 0.0804 e. The van der Waals surface area contributed by atoms with Crippen LogP contribution in [-0.4, -0.2) is 29.1 Å². The average Bonchev–Trinajstić information content (AvgIpc) is 2.94. The number of aliphatic hydroxyl groups is 1. The Balaban J connectivity index is 1.88. The van der Waals surface area contributed by atoms with Crippen LogP contribution in [0.4, 0.5) is 0 Å². The van der Waals surface area contributed by atoms with Crippen molar-refractivity contribution in [2.45, 2.75) is 58.1 Å². The van der Waals surface area contributed by atoms with E-state index in [0.717, 1.165) is 31.1 Å². The standard InChI is InChI=1S/C17H27NO/c1-3-18(15-9-5-6-10-15)13-12-17(19)16-11-7-4-8-14(16)2/h4,7-8,11,15,17,19H,3,5-6,9-10,12-13H2,1-2H3. The average molecular weight is 261 g/mol. The fourth-order valence-corrected chi connectivity index (χ4v) is 3.27. The van der Waals surface area contributed by atoms with Gasteiger partial charge in [-0.1, -0.05) is 44.0 Å². The maximum Gasteiger partial charge on any atom is 0.0804 e. The molecule has 0 amide bonds. The van der Waals surface area contributed by atoms with Crippen molar-refractivity contribution in [2.24, 2.45) is 0 Å². The largest absolute Gasteiger partial charge is 0.388 e. The molecule has 2 rings (SSSR count). The summed E-state index contributed by atoms with van der Waals surface area (Å²) in [5.74, 6) is 0. The van der Waals surface area contributed by atoms with Gasteiger partial charge in [0.15, 0.2) is 0 Å². The summed E-state index contributed by atoms with van der Waals surface area (Å²) in [6, 6.07) is 8.93. The molecule has 1 unspecified atom stereocenters. The molecule has 1 aromatic rings. The van der Waals surface area contributed by atoms with E-state index in [4.69, 9.17) is 0 Å². The zero-order valence-corrected chi connectivity index (χ0v) is 12.3. The van der Waals surface area contributed by atoms with Crippen LogP contribution in [-0.2, 0) is 0 Å². The summed E-state index contributed by atoms with van der Waals surface area (Å²) in [5, 5.41) is 10.4. The van der Waals surface area contributed by atoms with Crippen molar-refractivity contribution in [3.8, 4) is 0 Å². The fourth-order valence-electron chi connectivity index (χ4n) is 3.27. The van der Waals surface area contributed by atoms with Gasteiger partial charge in [-0.2, -0.15) is 0 Å². The Morgan fingerprint density at radius 1 is 1.26 bits per heavy atom. The molecule has 0 aromatic heterocycles. The van der Waals surface area contributed by atoms with Gasteiger partial charge >= 0.3 is 0 Å². The first-order valence-corrected chi connectivity index (χ1v) is 7.70. The van der Waals surface area contributed by atoms with Crippen molar-refractivity contribution in [1.82, 2.24) is 4.90 Å². The van der Waals surface area contributed by atoms with Crippen LogP contribution in [0.3, 0.4) is 0 Å². The molecule has 106 valence electrons. The molecule has 0 saturated heterocycles. The van der Waals surface area contributed by atoms with E-state index in [1.54, 1.807) is 0 Å². The summed E-state index contributed by atoms with van der Waals surface area (Å²) in [4.78, 5) is 2.55. The highest BCUT2D eigenvalue weighted by molar-refractivity contribution is 5.27. The van der Waals surface area contributed by atoms with Crippen LogP contribution in [0.15, 0.2) is 24.3 Å². The van der Waals surface area contributed by atoms with E-state index in [2.05, 4.69) is 24.8 Å². The second-order valence-electron chi connectivity index (χ2n) is 5.73. The van der Waals surface area contributed by atoms with Crippen LogP contribution in [0, 0.1) is 6.92 Å².